The SMILES string of the molecule is CCOc1ccc(N(CC(=O)Nc2ccccc2SCC)S(=O)(=O)c2ccc(F)cc2)cc1. The Balaban J connectivity index is 1.93. The number of sulfonamides is 1. The minimum absolute atomic E-state index is 0.118. The molecular formula is C24H25FN2O4S2. The van der Waals surface area contributed by atoms with Gasteiger partial charge in [0.2, 0.25) is 5.91 Å². The van der Waals surface area contributed by atoms with E-state index in [1.165, 1.54) is 12.1 Å². The van der Waals surface area contributed by atoms with Gasteiger partial charge >= 0.3 is 0 Å². The Morgan fingerprint density at radius 2 is 1.67 bits per heavy atom. The summed E-state index contributed by atoms with van der Waals surface area (Å²) >= 11 is 1.57. The average molecular weight is 489 g/mol. The highest BCUT2D eigenvalue weighted by Crippen LogP contribution is 2.28. The molecule has 1 N–H and O–H groups in total. The summed E-state index contributed by atoms with van der Waals surface area (Å²) < 4.78 is 46.6. The Morgan fingerprint density at radius 3 is 2.30 bits per heavy atom. The van der Waals surface area contributed by atoms with Gasteiger partial charge < -0.3 is 10.1 Å². The third-order valence-electron chi connectivity index (χ3n) is 4.59. The summed E-state index contributed by atoms with van der Waals surface area (Å²) in [6, 6.07) is 18.2. The van der Waals surface area contributed by atoms with Crippen molar-refractivity contribution < 1.29 is 22.3 Å². The molecule has 0 heterocycles. The minimum Gasteiger partial charge on any atom is -0.494 e. The predicted octanol–water partition coefficient (Wildman–Crippen LogP) is 5.17. The molecule has 0 bridgehead atoms. The van der Waals surface area contributed by atoms with E-state index in [-0.39, 0.29) is 10.6 Å². The molecule has 3 rings (SSSR count). The number of ether oxygens (including phenoxy) is 1. The Bertz CT molecular complexity index is 1180. The van der Waals surface area contributed by atoms with Gasteiger partial charge in [0, 0.05) is 4.90 Å². The Kier molecular flexibility index (Phi) is 8.35. The number of halogens is 1. The molecule has 0 aliphatic rings. The van der Waals surface area contributed by atoms with Crippen LogP contribution in [0.2, 0.25) is 0 Å². The van der Waals surface area contributed by atoms with Gasteiger partial charge in [0.15, 0.2) is 0 Å². The number of nitrogens with zero attached hydrogens (tertiary/aromatic N) is 1. The second-order valence-corrected chi connectivity index (χ2v) is 10.0. The molecule has 0 radical (unpaired) electrons. The van der Waals surface area contributed by atoms with Crippen LogP contribution < -0.4 is 14.4 Å². The number of anilines is 2. The molecule has 33 heavy (non-hydrogen) atoms. The number of hydrogen-bond donors (Lipinski definition) is 1. The highest BCUT2D eigenvalue weighted by Gasteiger charge is 2.27. The van der Waals surface area contributed by atoms with E-state index >= 15 is 0 Å². The van der Waals surface area contributed by atoms with Gasteiger partial charge in [0.25, 0.3) is 10.0 Å². The molecule has 9 heteroatoms. The molecule has 0 saturated heterocycles. The topological polar surface area (TPSA) is 75.7 Å². The first-order chi connectivity index (χ1) is 15.8. The van der Waals surface area contributed by atoms with E-state index in [1.807, 2.05) is 26.0 Å². The maximum atomic E-state index is 13.4. The van der Waals surface area contributed by atoms with Crippen LogP contribution >= 0.6 is 11.8 Å². The van der Waals surface area contributed by atoms with Gasteiger partial charge in [-0.1, -0.05) is 19.1 Å². The van der Waals surface area contributed by atoms with Crippen molar-refractivity contribution in [2.45, 2.75) is 23.6 Å². The molecule has 0 aromatic heterocycles. The smallest absolute Gasteiger partial charge is 0.264 e. The molecule has 3 aromatic carbocycles. The number of carbonyl (C=O) groups is 1. The van der Waals surface area contributed by atoms with E-state index in [2.05, 4.69) is 5.32 Å². The van der Waals surface area contributed by atoms with Gasteiger partial charge in [-0.05, 0) is 73.3 Å². The lowest BCUT2D eigenvalue weighted by Gasteiger charge is -2.24. The summed E-state index contributed by atoms with van der Waals surface area (Å²) in [6.45, 7) is 3.86. The van der Waals surface area contributed by atoms with Gasteiger partial charge in [0.1, 0.15) is 18.1 Å². The van der Waals surface area contributed by atoms with Crippen molar-refractivity contribution in [3.63, 3.8) is 0 Å². The molecule has 0 atom stereocenters. The fraction of sp³-hybridized carbons (Fsp3) is 0.208. The van der Waals surface area contributed by atoms with Crippen molar-refractivity contribution in [2.24, 2.45) is 0 Å². The third kappa shape index (κ3) is 6.27. The molecule has 0 spiro atoms. The number of nitrogens with one attached hydrogen (secondary N) is 1. The van der Waals surface area contributed by atoms with E-state index in [0.717, 1.165) is 27.1 Å². The zero-order chi connectivity index (χ0) is 23.8. The lowest BCUT2D eigenvalue weighted by atomic mass is 10.3. The van der Waals surface area contributed by atoms with Crippen LogP contribution in [0.15, 0.2) is 82.6 Å². The van der Waals surface area contributed by atoms with Gasteiger partial charge in [-0.3, -0.25) is 9.10 Å². The van der Waals surface area contributed by atoms with E-state index in [9.17, 15) is 17.6 Å². The number of thioether (sulfide) groups is 1. The highest BCUT2D eigenvalue weighted by molar-refractivity contribution is 7.99. The highest BCUT2D eigenvalue weighted by atomic mass is 32.2. The fourth-order valence-corrected chi connectivity index (χ4v) is 5.28. The van der Waals surface area contributed by atoms with Crippen molar-refractivity contribution in [2.75, 3.05) is 28.5 Å². The Hall–Kier alpha value is -3.04. The molecule has 6 nitrogen and oxygen atoms in total. The standard InChI is InChI=1S/C24H25FN2O4S2/c1-3-31-20-13-11-19(12-14-20)27(33(29,30)21-15-9-18(25)10-16-21)17-24(28)26-22-7-5-6-8-23(22)32-4-2/h5-16H,3-4,17H2,1-2H3,(H,26,28). The monoisotopic (exact) mass is 488 g/mol. The lowest BCUT2D eigenvalue weighted by molar-refractivity contribution is -0.114. The Morgan fingerprint density at radius 1 is 1.00 bits per heavy atom. The summed E-state index contributed by atoms with van der Waals surface area (Å²) in [4.78, 5) is 13.7. The number of benzene rings is 3. The van der Waals surface area contributed by atoms with Gasteiger partial charge in [-0.15, -0.1) is 11.8 Å². The molecule has 0 aliphatic carbocycles. The summed E-state index contributed by atoms with van der Waals surface area (Å²) in [6.07, 6.45) is 0. The molecule has 1 amide bonds. The number of carbonyl (C=O) groups excluding carboxylic acids is 1. The second-order valence-electron chi connectivity index (χ2n) is 6.87. The van der Waals surface area contributed by atoms with E-state index in [4.69, 9.17) is 4.74 Å². The minimum atomic E-state index is -4.14. The van der Waals surface area contributed by atoms with Crippen molar-refractivity contribution in [1.82, 2.24) is 0 Å². The molecule has 3 aromatic rings. The lowest BCUT2D eigenvalue weighted by Crippen LogP contribution is -2.38. The molecule has 0 fully saturated rings. The number of rotatable bonds is 10. The molecule has 0 saturated carbocycles. The van der Waals surface area contributed by atoms with Crippen LogP contribution in [-0.2, 0) is 14.8 Å². The van der Waals surface area contributed by atoms with Crippen molar-refractivity contribution in [3.05, 3.63) is 78.6 Å². The molecular weight excluding hydrogens is 463 g/mol. The van der Waals surface area contributed by atoms with E-state index < -0.39 is 28.3 Å². The van der Waals surface area contributed by atoms with Crippen LogP contribution in [0.25, 0.3) is 0 Å². The predicted molar refractivity (Wildman–Crippen MR) is 130 cm³/mol. The van der Waals surface area contributed by atoms with Crippen LogP contribution in [-0.4, -0.2) is 33.2 Å². The van der Waals surface area contributed by atoms with Gasteiger partial charge in [0.05, 0.1) is 22.9 Å². The average Bonchev–Trinajstić information content (AvgIpc) is 2.80. The number of para-hydroxylation sites is 1. The van der Waals surface area contributed by atoms with Crippen LogP contribution in [0, 0.1) is 5.82 Å². The maximum Gasteiger partial charge on any atom is 0.264 e. The van der Waals surface area contributed by atoms with Gasteiger partial charge in [-0.25, -0.2) is 12.8 Å². The van der Waals surface area contributed by atoms with Crippen LogP contribution in [0.5, 0.6) is 5.75 Å². The summed E-state index contributed by atoms with van der Waals surface area (Å²) in [5.74, 6) is 0.350. The largest absolute Gasteiger partial charge is 0.494 e. The van der Waals surface area contributed by atoms with E-state index in [1.54, 1.807) is 48.2 Å². The van der Waals surface area contributed by atoms with Crippen molar-refractivity contribution in [1.29, 1.82) is 0 Å². The van der Waals surface area contributed by atoms with E-state index in [0.29, 0.717) is 18.0 Å². The quantitative estimate of drug-likeness (QED) is 0.399. The number of hydrogen-bond acceptors (Lipinski definition) is 5. The first-order valence-corrected chi connectivity index (χ1v) is 12.8. The van der Waals surface area contributed by atoms with Gasteiger partial charge in [-0.2, -0.15) is 0 Å². The molecule has 0 unspecified atom stereocenters. The maximum absolute atomic E-state index is 13.4. The summed E-state index contributed by atoms with van der Waals surface area (Å²) in [5.41, 5.74) is 0.898. The summed E-state index contributed by atoms with van der Waals surface area (Å²) in [7, 11) is -4.14. The van der Waals surface area contributed by atoms with Crippen molar-refractivity contribution >= 4 is 39.1 Å². The fourth-order valence-electron chi connectivity index (χ4n) is 3.10. The first kappa shape index (κ1) is 24.6. The van der Waals surface area contributed by atoms with Crippen LogP contribution in [0.1, 0.15) is 13.8 Å². The normalized spacial score (nSPS) is 11.1. The Labute approximate surface area is 197 Å². The number of amides is 1. The zero-order valence-electron chi connectivity index (χ0n) is 18.3. The summed E-state index contributed by atoms with van der Waals surface area (Å²) in [5, 5.41) is 2.81. The second kappa shape index (κ2) is 11.2. The van der Waals surface area contributed by atoms with Crippen LogP contribution in [0.3, 0.4) is 0 Å². The van der Waals surface area contributed by atoms with Crippen molar-refractivity contribution in [3.8, 4) is 5.75 Å². The zero-order valence-corrected chi connectivity index (χ0v) is 20.0. The van der Waals surface area contributed by atoms with Crippen LogP contribution in [0.4, 0.5) is 15.8 Å². The molecule has 0 aliphatic heterocycles. The molecule has 174 valence electrons. The third-order valence-corrected chi connectivity index (χ3v) is 7.33. The first-order valence-electron chi connectivity index (χ1n) is 10.4.